The van der Waals surface area contributed by atoms with E-state index >= 15 is 0 Å². The predicted octanol–water partition coefficient (Wildman–Crippen LogP) is 4.79. The fourth-order valence-corrected chi connectivity index (χ4v) is 2.51. The molecule has 1 aromatic heterocycles. The number of sulfonamides is 1. The normalized spacial score (nSPS) is 12.0. The summed E-state index contributed by atoms with van der Waals surface area (Å²) in [5, 5.41) is 10.9. The van der Waals surface area contributed by atoms with Crippen molar-refractivity contribution in [1.29, 1.82) is 0 Å². The van der Waals surface area contributed by atoms with E-state index in [1.54, 1.807) is 6.07 Å². The molecule has 0 unspecified atom stereocenters. The first-order valence-corrected chi connectivity index (χ1v) is 8.87. The maximum atomic E-state index is 12.7. The van der Waals surface area contributed by atoms with Crippen LogP contribution in [0.5, 0.6) is 0 Å². The van der Waals surface area contributed by atoms with E-state index < -0.39 is 21.2 Å². The second-order valence-electron chi connectivity index (χ2n) is 4.92. The molecule has 13 heteroatoms. The van der Waals surface area contributed by atoms with Crippen LogP contribution in [0.3, 0.4) is 0 Å². The van der Waals surface area contributed by atoms with Crippen LogP contribution >= 0.6 is 0 Å². The van der Waals surface area contributed by atoms with Crippen LogP contribution in [0.2, 0.25) is 0 Å². The summed E-state index contributed by atoms with van der Waals surface area (Å²) >= 11 is 0. The van der Waals surface area contributed by atoms with E-state index in [-0.39, 0.29) is 28.0 Å². The summed E-state index contributed by atoms with van der Waals surface area (Å²) in [6.45, 7) is 4.85. The molecule has 0 amide bonds. The Balaban J connectivity index is 0.00000364. The molecule has 0 bridgehead atoms. The summed E-state index contributed by atoms with van der Waals surface area (Å²) in [4.78, 5) is 1.82. The number of anilines is 1. The molecule has 1 heterocycles. The Morgan fingerprint density at radius 2 is 1.85 bits per heavy atom. The molecular weight excluding hydrogens is 434 g/mol. The van der Waals surface area contributed by atoms with Gasteiger partial charge in [0, 0.05) is 41.3 Å². The molecule has 8 nitrogen and oxygen atoms in total. The van der Waals surface area contributed by atoms with Crippen molar-refractivity contribution in [2.45, 2.75) is 19.4 Å². The van der Waals surface area contributed by atoms with Crippen LogP contribution in [-0.2, 0) is 26.5 Å². The van der Waals surface area contributed by atoms with E-state index in [0.717, 1.165) is 0 Å². The second kappa shape index (κ2) is 9.18. The van der Waals surface area contributed by atoms with Crippen molar-refractivity contribution < 1.29 is 42.6 Å². The van der Waals surface area contributed by atoms with Crippen molar-refractivity contribution in [3.8, 4) is 0 Å². The molecule has 27 heavy (non-hydrogen) atoms. The molecule has 0 aliphatic rings. The van der Waals surface area contributed by atoms with Gasteiger partial charge < -0.3 is 14.1 Å². The average molecular weight is 449 g/mol. The maximum absolute atomic E-state index is 12.7. The zero-order chi connectivity index (χ0) is 19.4. The summed E-state index contributed by atoms with van der Waals surface area (Å²) in [7, 11) is -5.73. The molecule has 0 radical (unpaired) electrons. The van der Waals surface area contributed by atoms with Crippen molar-refractivity contribution in [2.24, 2.45) is 10.2 Å². The predicted molar refractivity (Wildman–Crippen MR) is 88.7 cm³/mol. The smallest absolute Gasteiger partial charge is 0.483 e. The van der Waals surface area contributed by atoms with E-state index in [4.69, 9.17) is 0 Å². The maximum Gasteiger partial charge on any atom is 0.483 e. The van der Waals surface area contributed by atoms with Crippen LogP contribution in [0.25, 0.3) is 4.72 Å². The Hall–Kier alpha value is -2.14. The summed E-state index contributed by atoms with van der Waals surface area (Å²) in [5.74, 6) is 0.0717. The summed E-state index contributed by atoms with van der Waals surface area (Å²) in [6, 6.07) is 5.51. The van der Waals surface area contributed by atoms with Crippen LogP contribution in [0.15, 0.2) is 45.3 Å². The van der Waals surface area contributed by atoms with Gasteiger partial charge in [0.05, 0.1) is 5.69 Å². The van der Waals surface area contributed by atoms with Gasteiger partial charge >= 0.3 is 5.51 Å². The third-order valence-electron chi connectivity index (χ3n) is 3.28. The minimum Gasteiger partial charge on any atom is -0.568 e. The van der Waals surface area contributed by atoms with Crippen molar-refractivity contribution in [2.75, 3.05) is 18.0 Å². The van der Waals surface area contributed by atoms with E-state index in [2.05, 4.69) is 24.6 Å². The van der Waals surface area contributed by atoms with Crippen LogP contribution in [0.4, 0.5) is 36.1 Å². The second-order valence-corrected chi connectivity index (χ2v) is 6.51. The number of alkyl halides is 3. The Morgan fingerprint density at radius 3 is 2.37 bits per heavy atom. The number of aromatic nitrogens is 1. The van der Waals surface area contributed by atoms with Crippen molar-refractivity contribution in [3.63, 3.8) is 0 Å². The molecule has 0 aliphatic heterocycles. The van der Waals surface area contributed by atoms with Gasteiger partial charge in [0.1, 0.15) is 6.26 Å². The molecular formula is C14H15F3N5NiO3S-. The number of azo groups is 1. The van der Waals surface area contributed by atoms with Crippen LogP contribution < -0.4 is 4.90 Å². The molecule has 0 saturated heterocycles. The number of nitrogens with zero attached hydrogens (tertiary/aromatic N) is 5. The van der Waals surface area contributed by atoms with Gasteiger partial charge in [0.25, 0.3) is 0 Å². The molecule has 0 N–H and O–H groups in total. The van der Waals surface area contributed by atoms with Gasteiger partial charge in [-0.15, -0.1) is 5.11 Å². The molecule has 0 fully saturated rings. The zero-order valence-corrected chi connectivity index (χ0v) is 15.9. The van der Waals surface area contributed by atoms with Gasteiger partial charge in [-0.1, -0.05) is 16.9 Å². The molecule has 0 saturated carbocycles. The van der Waals surface area contributed by atoms with Gasteiger partial charge in [-0.05, 0) is 26.0 Å². The molecule has 1 aromatic carbocycles. The van der Waals surface area contributed by atoms with E-state index in [1.165, 1.54) is 24.5 Å². The fraction of sp³-hybridized carbons (Fsp3) is 0.357. The molecule has 152 valence electrons. The summed E-state index contributed by atoms with van der Waals surface area (Å²) in [5.41, 5.74) is -5.64. The van der Waals surface area contributed by atoms with Gasteiger partial charge in [-0.2, -0.15) is 18.3 Å². The number of halogens is 3. The first kappa shape index (κ1) is 22.9. The molecule has 0 aliphatic carbocycles. The van der Waals surface area contributed by atoms with Gasteiger partial charge in [-0.3, -0.25) is 0 Å². The topological polar surface area (TPSA) is 102 Å². The van der Waals surface area contributed by atoms with Gasteiger partial charge in [0.15, 0.2) is 10.0 Å². The third kappa shape index (κ3) is 5.67. The monoisotopic (exact) mass is 448 g/mol. The number of benzene rings is 1. The first-order chi connectivity index (χ1) is 12.2. The molecule has 0 spiro atoms. The number of hydrogen-bond acceptors (Lipinski definition) is 7. The third-order valence-corrected chi connectivity index (χ3v) is 4.31. The minimum absolute atomic E-state index is 0. The Labute approximate surface area is 163 Å². The van der Waals surface area contributed by atoms with Crippen molar-refractivity contribution in [1.82, 2.24) is 5.16 Å². The number of rotatable bonds is 7. The van der Waals surface area contributed by atoms with Gasteiger partial charge in [0.2, 0.25) is 5.82 Å². The van der Waals surface area contributed by atoms with Gasteiger partial charge in [-0.25, -0.2) is 8.42 Å². The number of hydrogen-bond donors (Lipinski definition) is 0. The van der Waals surface area contributed by atoms with Crippen LogP contribution in [0, 0.1) is 0 Å². The Kier molecular flexibility index (Phi) is 7.79. The van der Waals surface area contributed by atoms with E-state index in [9.17, 15) is 21.6 Å². The molecule has 2 rings (SSSR count). The first-order valence-electron chi connectivity index (χ1n) is 7.43. The summed E-state index contributed by atoms with van der Waals surface area (Å²) in [6.07, 6.45) is 1.23. The molecule has 2 aromatic rings. The fourth-order valence-electron chi connectivity index (χ4n) is 2.00. The van der Waals surface area contributed by atoms with Crippen molar-refractivity contribution >= 4 is 32.9 Å². The largest absolute Gasteiger partial charge is 0.568 e. The van der Waals surface area contributed by atoms with Crippen molar-refractivity contribution in [3.05, 3.63) is 35.3 Å². The minimum atomic E-state index is -5.73. The Bertz CT molecular complexity index is 869. The average Bonchev–Trinajstić information content (AvgIpc) is 3.07. The standard InChI is InChI=1S/C14H15F3N5O3S.Ni/c1-3-22(4-2)10-5-6-11(18-19-13-7-8-25-20-13)12(9-10)21-26(23,24)14(15,16)17;/h5-9H,3-4H2,1-2H3;/q-1;. The van der Waals surface area contributed by atoms with Crippen LogP contribution in [0.1, 0.15) is 13.8 Å². The Morgan fingerprint density at radius 1 is 1.19 bits per heavy atom. The van der Waals surface area contributed by atoms with E-state index in [0.29, 0.717) is 18.8 Å². The SMILES string of the molecule is CCN(CC)c1ccc(N=Nc2ccon2)c([N-]S(=O)(=O)C(F)(F)F)c1.[Ni]. The van der Waals surface area contributed by atoms with E-state index in [1.807, 2.05) is 18.7 Å². The molecule has 0 atom stereocenters. The quantitative estimate of drug-likeness (QED) is 0.447. The van der Waals surface area contributed by atoms with Crippen LogP contribution in [-0.4, -0.2) is 32.2 Å². The summed E-state index contributed by atoms with van der Waals surface area (Å²) < 4.78 is 68.3. The zero-order valence-electron chi connectivity index (χ0n) is 14.1.